The molecular weight excluding hydrogens is 416 g/mol. The molecule has 0 heterocycles. The molecule has 164 valence electrons. The van der Waals surface area contributed by atoms with Crippen LogP contribution in [0.2, 0.25) is 0 Å². The van der Waals surface area contributed by atoms with E-state index in [9.17, 15) is 18.0 Å². The van der Waals surface area contributed by atoms with E-state index in [-0.39, 0.29) is 16.5 Å². The predicted molar refractivity (Wildman–Crippen MR) is 117 cm³/mol. The Morgan fingerprint density at radius 3 is 2.16 bits per heavy atom. The molecule has 0 unspecified atom stereocenters. The maximum absolute atomic E-state index is 12.8. The first-order chi connectivity index (χ1) is 14.7. The standard InChI is InChI=1S/C23H26N2O5S/c1-14(21-13-15-2-3-18(21)12-15)25-31(29,30)20-10-8-19(9-11-20)24-22(26)16-4-6-17(7-5-16)23(27)28/h4-11,14-15,18,21,25H,2-3,12-13H2,1H3,(H,24,26)(H,27,28)/t14-,15-,18-,21+/m0/s1. The van der Waals surface area contributed by atoms with Crippen molar-refractivity contribution in [2.24, 2.45) is 17.8 Å². The molecule has 7 nitrogen and oxygen atoms in total. The lowest BCUT2D eigenvalue weighted by Gasteiger charge is -2.28. The molecule has 2 fully saturated rings. The Morgan fingerprint density at radius 1 is 0.968 bits per heavy atom. The summed E-state index contributed by atoms with van der Waals surface area (Å²) in [4.78, 5) is 23.4. The van der Waals surface area contributed by atoms with E-state index in [4.69, 9.17) is 5.11 Å². The lowest BCUT2D eigenvalue weighted by Crippen LogP contribution is -2.40. The summed E-state index contributed by atoms with van der Waals surface area (Å²) in [7, 11) is -3.64. The van der Waals surface area contributed by atoms with Crippen molar-refractivity contribution in [1.29, 1.82) is 0 Å². The van der Waals surface area contributed by atoms with Gasteiger partial charge in [0.05, 0.1) is 10.5 Å². The van der Waals surface area contributed by atoms with E-state index in [2.05, 4.69) is 10.0 Å². The first-order valence-electron chi connectivity index (χ1n) is 10.5. The monoisotopic (exact) mass is 442 g/mol. The Bertz CT molecular complexity index is 1080. The van der Waals surface area contributed by atoms with Crippen LogP contribution in [0.25, 0.3) is 0 Å². The van der Waals surface area contributed by atoms with Crippen LogP contribution in [0.3, 0.4) is 0 Å². The first kappa shape index (κ1) is 21.5. The van der Waals surface area contributed by atoms with Crippen LogP contribution in [0.1, 0.15) is 53.3 Å². The second-order valence-electron chi connectivity index (χ2n) is 8.61. The third-order valence-electron chi connectivity index (χ3n) is 6.59. The minimum Gasteiger partial charge on any atom is -0.478 e. The molecule has 0 radical (unpaired) electrons. The van der Waals surface area contributed by atoms with Gasteiger partial charge in [0.1, 0.15) is 0 Å². The number of nitrogens with one attached hydrogen (secondary N) is 2. The predicted octanol–water partition coefficient (Wildman–Crippen LogP) is 3.74. The highest BCUT2D eigenvalue weighted by molar-refractivity contribution is 7.89. The highest BCUT2D eigenvalue weighted by atomic mass is 32.2. The molecule has 2 bridgehead atoms. The van der Waals surface area contributed by atoms with Gasteiger partial charge in [-0.25, -0.2) is 17.9 Å². The van der Waals surface area contributed by atoms with Gasteiger partial charge in [0.15, 0.2) is 0 Å². The highest BCUT2D eigenvalue weighted by Gasteiger charge is 2.42. The number of rotatable bonds is 7. The Morgan fingerprint density at radius 2 is 1.61 bits per heavy atom. The SMILES string of the molecule is C[C@H](NS(=O)(=O)c1ccc(NC(=O)c2ccc(C(=O)O)cc2)cc1)[C@H]1C[C@H]2CC[C@H]1C2. The van der Waals surface area contributed by atoms with Gasteiger partial charge in [-0.1, -0.05) is 6.42 Å². The van der Waals surface area contributed by atoms with Crippen LogP contribution in [-0.2, 0) is 10.0 Å². The number of anilines is 1. The van der Waals surface area contributed by atoms with Gasteiger partial charge >= 0.3 is 5.97 Å². The summed E-state index contributed by atoms with van der Waals surface area (Å²) in [6, 6.07) is 11.5. The molecule has 8 heteroatoms. The van der Waals surface area contributed by atoms with Crippen LogP contribution in [0.4, 0.5) is 5.69 Å². The molecular formula is C23H26N2O5S. The molecule has 31 heavy (non-hydrogen) atoms. The van der Waals surface area contributed by atoms with Crippen molar-refractivity contribution in [3.8, 4) is 0 Å². The number of carboxylic acid groups (broad SMARTS) is 1. The fourth-order valence-electron chi connectivity index (χ4n) is 4.99. The number of hydrogen-bond acceptors (Lipinski definition) is 4. The summed E-state index contributed by atoms with van der Waals surface area (Å²) >= 11 is 0. The zero-order chi connectivity index (χ0) is 22.2. The number of carbonyl (C=O) groups is 2. The number of amides is 1. The number of carboxylic acids is 1. The van der Waals surface area contributed by atoms with Crippen molar-refractivity contribution in [3.05, 3.63) is 59.7 Å². The van der Waals surface area contributed by atoms with Gasteiger partial charge in [0.25, 0.3) is 5.91 Å². The fourth-order valence-corrected chi connectivity index (χ4v) is 6.29. The summed E-state index contributed by atoms with van der Waals surface area (Å²) in [5.74, 6) is 0.317. The van der Waals surface area contributed by atoms with Crippen molar-refractivity contribution in [2.75, 3.05) is 5.32 Å². The number of fused-ring (bicyclic) bond motifs is 2. The zero-order valence-corrected chi connectivity index (χ0v) is 18.1. The Labute approximate surface area is 181 Å². The number of sulfonamides is 1. The van der Waals surface area contributed by atoms with Gasteiger partial charge in [0, 0.05) is 17.3 Å². The average molecular weight is 443 g/mol. The second-order valence-corrected chi connectivity index (χ2v) is 10.3. The molecule has 2 saturated carbocycles. The van der Waals surface area contributed by atoms with Gasteiger partial charge < -0.3 is 10.4 Å². The van der Waals surface area contributed by atoms with Gasteiger partial charge in [-0.2, -0.15) is 0 Å². The minimum absolute atomic E-state index is 0.0956. The Balaban J connectivity index is 1.38. The largest absolute Gasteiger partial charge is 0.478 e. The molecule has 3 N–H and O–H groups in total. The molecule has 1 amide bonds. The van der Waals surface area contributed by atoms with Crippen LogP contribution >= 0.6 is 0 Å². The van der Waals surface area contributed by atoms with E-state index < -0.39 is 21.9 Å². The van der Waals surface area contributed by atoms with E-state index in [0.717, 1.165) is 12.3 Å². The normalized spacial score (nSPS) is 23.5. The van der Waals surface area contributed by atoms with E-state index in [1.165, 1.54) is 55.7 Å². The molecule has 2 aliphatic rings. The van der Waals surface area contributed by atoms with Crippen molar-refractivity contribution in [2.45, 2.75) is 43.5 Å². The Hall–Kier alpha value is -2.71. The molecule has 2 aliphatic carbocycles. The first-order valence-corrected chi connectivity index (χ1v) is 12.0. The lowest BCUT2D eigenvalue weighted by atomic mass is 9.84. The lowest BCUT2D eigenvalue weighted by molar-refractivity contribution is 0.0696. The number of carbonyl (C=O) groups excluding carboxylic acids is 1. The van der Waals surface area contributed by atoms with Crippen LogP contribution in [0.5, 0.6) is 0 Å². The summed E-state index contributed by atoms with van der Waals surface area (Å²) < 4.78 is 28.4. The number of aromatic carboxylic acids is 1. The van der Waals surface area contributed by atoms with Crippen molar-refractivity contribution in [1.82, 2.24) is 4.72 Å². The quantitative estimate of drug-likeness (QED) is 0.605. The van der Waals surface area contributed by atoms with Crippen LogP contribution < -0.4 is 10.0 Å². The molecule has 0 saturated heterocycles. The summed E-state index contributed by atoms with van der Waals surface area (Å²) in [5.41, 5.74) is 0.855. The highest BCUT2D eigenvalue weighted by Crippen LogP contribution is 2.49. The van der Waals surface area contributed by atoms with Crippen LogP contribution in [-0.4, -0.2) is 31.4 Å². The van der Waals surface area contributed by atoms with Crippen molar-refractivity contribution in [3.63, 3.8) is 0 Å². The molecule has 4 atom stereocenters. The maximum atomic E-state index is 12.8. The minimum atomic E-state index is -3.64. The van der Waals surface area contributed by atoms with Crippen molar-refractivity contribution < 1.29 is 23.1 Å². The summed E-state index contributed by atoms with van der Waals surface area (Å²) in [6.07, 6.45) is 4.81. The number of benzene rings is 2. The maximum Gasteiger partial charge on any atom is 0.335 e. The van der Waals surface area contributed by atoms with Gasteiger partial charge in [-0.3, -0.25) is 4.79 Å². The molecule has 2 aromatic rings. The van der Waals surface area contributed by atoms with E-state index >= 15 is 0 Å². The van der Waals surface area contributed by atoms with Crippen LogP contribution in [0.15, 0.2) is 53.4 Å². The van der Waals surface area contributed by atoms with E-state index in [1.54, 1.807) is 12.1 Å². The zero-order valence-electron chi connectivity index (χ0n) is 17.2. The summed E-state index contributed by atoms with van der Waals surface area (Å²) in [5, 5.41) is 11.6. The van der Waals surface area contributed by atoms with Gasteiger partial charge in [-0.15, -0.1) is 0 Å². The average Bonchev–Trinajstić information content (AvgIpc) is 3.38. The smallest absolute Gasteiger partial charge is 0.335 e. The molecule has 2 aromatic carbocycles. The molecule has 4 rings (SSSR count). The van der Waals surface area contributed by atoms with E-state index in [0.29, 0.717) is 23.1 Å². The molecule has 0 aliphatic heterocycles. The third kappa shape index (κ3) is 4.65. The van der Waals surface area contributed by atoms with Crippen LogP contribution in [0, 0.1) is 17.8 Å². The summed E-state index contributed by atoms with van der Waals surface area (Å²) in [6.45, 7) is 1.95. The van der Waals surface area contributed by atoms with Crippen molar-refractivity contribution >= 4 is 27.6 Å². The third-order valence-corrected chi connectivity index (χ3v) is 8.17. The second kappa shape index (κ2) is 8.43. The van der Waals surface area contributed by atoms with E-state index in [1.807, 2.05) is 6.92 Å². The topological polar surface area (TPSA) is 113 Å². The Kier molecular flexibility index (Phi) is 5.85. The number of hydrogen-bond donors (Lipinski definition) is 3. The molecule has 0 spiro atoms. The van der Waals surface area contributed by atoms with Gasteiger partial charge in [-0.05, 0) is 92.5 Å². The molecule has 0 aromatic heterocycles. The fraction of sp³-hybridized carbons (Fsp3) is 0.391. The van der Waals surface area contributed by atoms with Gasteiger partial charge in [0.2, 0.25) is 10.0 Å².